The summed E-state index contributed by atoms with van der Waals surface area (Å²) in [5.41, 5.74) is 4.45. The Labute approximate surface area is 220 Å². The molecule has 1 aliphatic heterocycles. The summed E-state index contributed by atoms with van der Waals surface area (Å²) in [4.78, 5) is 35.5. The van der Waals surface area contributed by atoms with E-state index in [2.05, 4.69) is 22.4 Å². The van der Waals surface area contributed by atoms with Gasteiger partial charge in [0.1, 0.15) is 22.7 Å². The predicted molar refractivity (Wildman–Crippen MR) is 143 cm³/mol. The number of rotatable bonds is 6. The van der Waals surface area contributed by atoms with Crippen LogP contribution in [0.1, 0.15) is 36.3 Å². The third-order valence-corrected chi connectivity index (χ3v) is 6.90. The molecule has 188 valence electrons. The quantitative estimate of drug-likeness (QED) is 0.322. The van der Waals surface area contributed by atoms with Crippen molar-refractivity contribution in [2.45, 2.75) is 24.9 Å². The van der Waals surface area contributed by atoms with E-state index < -0.39 is 12.1 Å². The van der Waals surface area contributed by atoms with Gasteiger partial charge in [0.15, 0.2) is 0 Å². The third kappa shape index (κ3) is 5.22. The number of halogens is 1. The molecule has 1 aromatic heterocycles. The minimum Gasteiger partial charge on any atom is -0.453 e. The molecule has 2 N–H and O–H groups in total. The first-order valence-corrected chi connectivity index (χ1v) is 12.5. The highest BCUT2D eigenvalue weighted by Crippen LogP contribution is 2.36. The van der Waals surface area contributed by atoms with Gasteiger partial charge in [0.2, 0.25) is 0 Å². The molecule has 0 saturated carbocycles. The van der Waals surface area contributed by atoms with Crippen LogP contribution in [0.15, 0.2) is 84.9 Å². The summed E-state index contributed by atoms with van der Waals surface area (Å²) in [6.07, 6.45) is 0.886. The first-order valence-electron chi connectivity index (χ1n) is 12.2. The third-order valence-electron chi connectivity index (χ3n) is 6.62. The van der Waals surface area contributed by atoms with Gasteiger partial charge in [0, 0.05) is 12.1 Å². The summed E-state index contributed by atoms with van der Waals surface area (Å²) in [5, 5.41) is 3.11. The van der Waals surface area contributed by atoms with E-state index in [1.54, 1.807) is 4.90 Å². The number of H-pyrrole nitrogens is 1. The maximum Gasteiger partial charge on any atom is 0.407 e. The number of aromatic amines is 1. The first kappa shape index (κ1) is 24.6. The molecule has 0 unspecified atom stereocenters. The lowest BCUT2D eigenvalue weighted by molar-refractivity contribution is -0.134. The number of imidazole rings is 1. The predicted octanol–water partition coefficient (Wildman–Crippen LogP) is 6.16. The zero-order chi connectivity index (χ0) is 25.8. The Morgan fingerprint density at radius 2 is 1.59 bits per heavy atom. The van der Waals surface area contributed by atoms with Gasteiger partial charge >= 0.3 is 6.09 Å². The number of amides is 2. The summed E-state index contributed by atoms with van der Waals surface area (Å²) >= 11 is 6.59. The summed E-state index contributed by atoms with van der Waals surface area (Å²) < 4.78 is 4.77. The maximum atomic E-state index is 13.7. The normalized spacial score (nSPS) is 15.8. The number of carbonyl (C=O) groups excluding carboxylic acids is 2. The van der Waals surface area contributed by atoms with Crippen LogP contribution in [0, 0.1) is 0 Å². The monoisotopic (exact) mass is 514 g/mol. The summed E-state index contributed by atoms with van der Waals surface area (Å²) in [7, 11) is 1.28. The Balaban J connectivity index is 1.40. The van der Waals surface area contributed by atoms with Gasteiger partial charge in [-0.3, -0.25) is 4.79 Å². The zero-order valence-electron chi connectivity index (χ0n) is 20.4. The molecule has 8 heteroatoms. The highest BCUT2D eigenvalue weighted by Gasteiger charge is 2.37. The Morgan fingerprint density at radius 1 is 0.973 bits per heavy atom. The number of nitrogens with zero attached hydrogens (tertiary/aromatic N) is 2. The van der Waals surface area contributed by atoms with Crippen LogP contribution >= 0.6 is 11.6 Å². The second kappa shape index (κ2) is 10.9. The first-order chi connectivity index (χ1) is 18.0. The Kier molecular flexibility index (Phi) is 7.23. The number of methoxy groups -OCH3 is 1. The van der Waals surface area contributed by atoms with Gasteiger partial charge in [0.05, 0.1) is 13.2 Å². The molecule has 0 spiro atoms. The lowest BCUT2D eigenvalue weighted by Crippen LogP contribution is -2.42. The van der Waals surface area contributed by atoms with Crippen molar-refractivity contribution < 1.29 is 14.3 Å². The van der Waals surface area contributed by atoms with E-state index in [4.69, 9.17) is 21.3 Å². The average Bonchev–Trinajstić information content (AvgIpc) is 3.59. The molecule has 37 heavy (non-hydrogen) atoms. The number of likely N-dealkylation sites (tertiary alicyclic amines) is 1. The van der Waals surface area contributed by atoms with Gasteiger partial charge in [-0.05, 0) is 29.5 Å². The summed E-state index contributed by atoms with van der Waals surface area (Å²) in [6, 6.07) is 26.2. The molecule has 1 fully saturated rings. The van der Waals surface area contributed by atoms with Gasteiger partial charge in [-0.2, -0.15) is 0 Å². The van der Waals surface area contributed by atoms with Crippen molar-refractivity contribution in [2.75, 3.05) is 13.7 Å². The number of alkyl carbamates (subject to hydrolysis) is 1. The van der Waals surface area contributed by atoms with Crippen molar-refractivity contribution in [1.82, 2.24) is 20.2 Å². The van der Waals surface area contributed by atoms with Crippen LogP contribution in [0.3, 0.4) is 0 Å². The second-order valence-electron chi connectivity index (χ2n) is 8.90. The molecular formula is C29H27ClN4O3. The van der Waals surface area contributed by atoms with Crippen molar-refractivity contribution in [2.24, 2.45) is 0 Å². The van der Waals surface area contributed by atoms with Gasteiger partial charge in [0.25, 0.3) is 5.91 Å². The van der Waals surface area contributed by atoms with E-state index in [0.29, 0.717) is 28.8 Å². The fraction of sp³-hybridized carbons (Fsp3) is 0.207. The minimum atomic E-state index is -0.871. The van der Waals surface area contributed by atoms with Crippen molar-refractivity contribution >= 4 is 23.6 Å². The van der Waals surface area contributed by atoms with Crippen LogP contribution in [-0.4, -0.2) is 40.5 Å². The Bertz CT molecular complexity index is 1370. The standard InChI is InChI=1S/C29H27ClN4O3/c1-37-29(36)32-25(21-11-6-3-7-12-21)28(35)34-18-8-13-23(34)27-31-24(26(30)33-27)22-16-14-20(15-17-22)19-9-4-2-5-10-19/h2-7,9-12,14-17,23,25H,8,13,18H2,1H3,(H,31,33)(H,32,36)/t23-,25-/m0/s1. The lowest BCUT2D eigenvalue weighted by atomic mass is 10.0. The fourth-order valence-electron chi connectivity index (χ4n) is 4.76. The van der Waals surface area contributed by atoms with Crippen LogP contribution < -0.4 is 5.32 Å². The number of nitrogens with one attached hydrogen (secondary N) is 2. The highest BCUT2D eigenvalue weighted by molar-refractivity contribution is 6.31. The largest absolute Gasteiger partial charge is 0.453 e. The van der Waals surface area contributed by atoms with Crippen molar-refractivity contribution in [3.8, 4) is 22.4 Å². The highest BCUT2D eigenvalue weighted by atomic mass is 35.5. The van der Waals surface area contributed by atoms with Crippen LogP contribution in [-0.2, 0) is 9.53 Å². The van der Waals surface area contributed by atoms with Gasteiger partial charge in [-0.25, -0.2) is 9.78 Å². The van der Waals surface area contributed by atoms with E-state index in [1.807, 2.05) is 72.8 Å². The molecule has 1 aliphatic rings. The molecular weight excluding hydrogens is 488 g/mol. The lowest BCUT2D eigenvalue weighted by Gasteiger charge is -2.28. The van der Waals surface area contributed by atoms with Crippen molar-refractivity contribution in [3.05, 3.63) is 101 Å². The number of ether oxygens (including phenoxy) is 1. The van der Waals surface area contributed by atoms with E-state index in [-0.39, 0.29) is 11.9 Å². The molecule has 0 bridgehead atoms. The molecule has 2 amide bonds. The summed E-state index contributed by atoms with van der Waals surface area (Å²) in [5.74, 6) is 0.406. The topological polar surface area (TPSA) is 87.3 Å². The molecule has 1 saturated heterocycles. The van der Waals surface area contributed by atoms with Crippen LogP contribution in [0.2, 0.25) is 5.15 Å². The minimum absolute atomic E-state index is 0.222. The van der Waals surface area contributed by atoms with Crippen molar-refractivity contribution in [3.63, 3.8) is 0 Å². The number of benzene rings is 3. The Hall–Kier alpha value is -4.10. The molecule has 0 aliphatic carbocycles. The van der Waals surface area contributed by atoms with E-state index in [0.717, 1.165) is 29.5 Å². The van der Waals surface area contributed by atoms with E-state index >= 15 is 0 Å². The molecule has 0 radical (unpaired) electrons. The van der Waals surface area contributed by atoms with Crippen LogP contribution in [0.25, 0.3) is 22.4 Å². The molecule has 2 atom stereocenters. The zero-order valence-corrected chi connectivity index (χ0v) is 21.1. The summed E-state index contributed by atoms with van der Waals surface area (Å²) in [6.45, 7) is 0.551. The number of hydrogen-bond donors (Lipinski definition) is 2. The van der Waals surface area contributed by atoms with Crippen LogP contribution in [0.5, 0.6) is 0 Å². The molecule has 2 heterocycles. The SMILES string of the molecule is COC(=O)N[C@H](C(=O)N1CCC[C@H]1c1nc(-c2ccc(-c3ccccc3)cc2)c(Cl)[nH]1)c1ccccc1. The van der Waals surface area contributed by atoms with Crippen molar-refractivity contribution in [1.29, 1.82) is 0 Å². The molecule has 4 aromatic rings. The average molecular weight is 515 g/mol. The van der Waals surface area contributed by atoms with Crippen LogP contribution in [0.4, 0.5) is 4.79 Å². The van der Waals surface area contributed by atoms with Gasteiger partial charge in [-0.15, -0.1) is 0 Å². The van der Waals surface area contributed by atoms with Gasteiger partial charge < -0.3 is 19.9 Å². The van der Waals surface area contributed by atoms with E-state index in [1.165, 1.54) is 7.11 Å². The van der Waals surface area contributed by atoms with E-state index in [9.17, 15) is 9.59 Å². The molecule has 7 nitrogen and oxygen atoms in total. The maximum absolute atomic E-state index is 13.7. The number of carbonyl (C=O) groups is 2. The molecule has 5 rings (SSSR count). The Morgan fingerprint density at radius 3 is 2.27 bits per heavy atom. The van der Waals surface area contributed by atoms with Gasteiger partial charge in [-0.1, -0.05) is 96.5 Å². The fourth-order valence-corrected chi connectivity index (χ4v) is 5.01. The smallest absolute Gasteiger partial charge is 0.407 e. The number of hydrogen-bond acceptors (Lipinski definition) is 4. The second-order valence-corrected chi connectivity index (χ2v) is 9.28. The molecule has 3 aromatic carbocycles. The number of aromatic nitrogens is 2.